The van der Waals surface area contributed by atoms with E-state index in [4.69, 9.17) is 15.5 Å². The Bertz CT molecular complexity index is 1120. The third kappa shape index (κ3) is 3.71. The van der Waals surface area contributed by atoms with Crippen molar-refractivity contribution in [3.05, 3.63) is 64.7 Å². The fourth-order valence-corrected chi connectivity index (χ4v) is 4.71. The summed E-state index contributed by atoms with van der Waals surface area (Å²) >= 11 is 0. The average molecular weight is 402 g/mol. The molecule has 1 aromatic heterocycles. The second kappa shape index (κ2) is 7.82. The van der Waals surface area contributed by atoms with E-state index < -0.39 is 12.0 Å². The van der Waals surface area contributed by atoms with Crippen LogP contribution >= 0.6 is 0 Å². The highest BCUT2D eigenvalue weighted by Gasteiger charge is 2.26. The Hall–Kier alpha value is -2.76. The predicted molar refractivity (Wildman–Crippen MR) is 118 cm³/mol. The first-order chi connectivity index (χ1) is 14.6. The molecule has 2 aromatic carbocycles. The molecule has 3 aromatic rings. The number of carbonyl (C=O) groups excluding carboxylic acids is 1. The van der Waals surface area contributed by atoms with E-state index >= 15 is 0 Å². The van der Waals surface area contributed by atoms with Gasteiger partial charge in [-0.05, 0) is 67.1 Å². The van der Waals surface area contributed by atoms with E-state index in [1.165, 1.54) is 34.1 Å². The fraction of sp³-hybridized carbons (Fsp3) is 0.360. The van der Waals surface area contributed by atoms with Crippen molar-refractivity contribution in [2.75, 3.05) is 19.7 Å². The van der Waals surface area contributed by atoms with Gasteiger partial charge in [-0.25, -0.2) is 4.98 Å². The van der Waals surface area contributed by atoms with Crippen molar-refractivity contribution in [3.63, 3.8) is 0 Å². The Balaban J connectivity index is 1.58. The van der Waals surface area contributed by atoms with Crippen LogP contribution in [0.1, 0.15) is 28.7 Å². The Labute approximate surface area is 176 Å². The van der Waals surface area contributed by atoms with Crippen molar-refractivity contribution < 1.29 is 9.53 Å². The number of aromatic nitrogens is 1. The third-order valence-electron chi connectivity index (χ3n) is 6.26. The zero-order valence-corrected chi connectivity index (χ0v) is 17.4. The number of hydrogen-bond donors (Lipinski definition) is 1. The van der Waals surface area contributed by atoms with Gasteiger partial charge >= 0.3 is 0 Å². The van der Waals surface area contributed by atoms with Crippen molar-refractivity contribution >= 4 is 16.8 Å². The molecule has 1 amide bonds. The van der Waals surface area contributed by atoms with Crippen LogP contribution < -0.4 is 5.73 Å². The number of nitrogens with zero attached hydrogens (tertiary/aromatic N) is 2. The number of nitrogens with two attached hydrogens (primary N) is 1. The number of hydrogen-bond acceptors (Lipinski definition) is 4. The minimum atomic E-state index is -0.544. The normalized spacial score (nSPS) is 19.2. The van der Waals surface area contributed by atoms with Gasteiger partial charge in [-0.2, -0.15) is 0 Å². The molecule has 30 heavy (non-hydrogen) atoms. The summed E-state index contributed by atoms with van der Waals surface area (Å²) in [7, 11) is 0. The van der Waals surface area contributed by atoms with Gasteiger partial charge in [0.05, 0.1) is 17.8 Å². The quantitative estimate of drug-likeness (QED) is 0.728. The Kier molecular flexibility index (Phi) is 5.01. The lowest BCUT2D eigenvalue weighted by Crippen LogP contribution is -2.47. The summed E-state index contributed by atoms with van der Waals surface area (Å²) in [5, 5.41) is 1.20. The van der Waals surface area contributed by atoms with Gasteiger partial charge in [-0.3, -0.25) is 9.69 Å². The molecule has 2 aliphatic rings. The summed E-state index contributed by atoms with van der Waals surface area (Å²) in [6.07, 6.45) is 2.99. The maximum atomic E-state index is 11.6. The summed E-state index contributed by atoms with van der Waals surface area (Å²) < 4.78 is 5.53. The topological polar surface area (TPSA) is 68.5 Å². The van der Waals surface area contributed by atoms with Crippen molar-refractivity contribution in [2.24, 2.45) is 5.73 Å². The smallest absolute Gasteiger partial charge is 0.247 e. The molecule has 0 radical (unpaired) electrons. The van der Waals surface area contributed by atoms with E-state index in [0.29, 0.717) is 13.2 Å². The highest BCUT2D eigenvalue weighted by Crippen LogP contribution is 2.32. The van der Waals surface area contributed by atoms with E-state index in [1.54, 1.807) is 0 Å². The molecule has 0 unspecified atom stereocenters. The number of aryl methyl sites for hydroxylation is 3. The van der Waals surface area contributed by atoms with Crippen LogP contribution in [-0.2, 0) is 28.9 Å². The Morgan fingerprint density at radius 2 is 2.03 bits per heavy atom. The molecule has 154 valence electrons. The molecule has 5 rings (SSSR count). The molecule has 0 bridgehead atoms. The van der Waals surface area contributed by atoms with Gasteiger partial charge in [0.2, 0.25) is 5.91 Å². The van der Waals surface area contributed by atoms with Gasteiger partial charge in [-0.15, -0.1) is 0 Å². The summed E-state index contributed by atoms with van der Waals surface area (Å²) in [4.78, 5) is 19.0. The maximum Gasteiger partial charge on any atom is 0.247 e. The second-order valence-electron chi connectivity index (χ2n) is 8.53. The molecule has 2 N–H and O–H groups in total. The predicted octanol–water partition coefficient (Wildman–Crippen LogP) is 3.39. The third-order valence-corrected chi connectivity index (χ3v) is 6.26. The number of pyridine rings is 1. The molecule has 1 fully saturated rings. The zero-order chi connectivity index (χ0) is 20.7. The SMILES string of the molecule is Cc1cccc(-c2nc3cc4c(cc3cc2CN2CCO[C@H](C(N)=O)C2)CCC4)c1. The van der Waals surface area contributed by atoms with Gasteiger partial charge in [-0.1, -0.05) is 23.8 Å². The van der Waals surface area contributed by atoms with Gasteiger partial charge in [0, 0.05) is 30.6 Å². The molecule has 2 heterocycles. The first kappa shape index (κ1) is 19.2. The van der Waals surface area contributed by atoms with Crippen LogP contribution in [0.3, 0.4) is 0 Å². The standard InChI is InChI=1S/C25H27N3O2/c1-16-4-2-7-19(10-16)24-21(14-28-8-9-30-23(15-28)25(26)29)12-20-11-17-5-3-6-18(17)13-22(20)27-24/h2,4,7,10-13,23H,3,5-6,8-9,14-15H2,1H3,(H2,26,29)/t23-/m0/s1. The summed E-state index contributed by atoms with van der Waals surface area (Å²) in [6.45, 7) is 4.64. The van der Waals surface area contributed by atoms with Gasteiger partial charge in [0.15, 0.2) is 0 Å². The Morgan fingerprint density at radius 1 is 1.20 bits per heavy atom. The van der Waals surface area contributed by atoms with E-state index in [2.05, 4.69) is 54.3 Å². The van der Waals surface area contributed by atoms with Crippen LogP contribution in [0, 0.1) is 6.92 Å². The molecular formula is C25H27N3O2. The molecule has 1 aliphatic heterocycles. The van der Waals surface area contributed by atoms with Gasteiger partial charge in [0.1, 0.15) is 6.10 Å². The summed E-state index contributed by atoms with van der Waals surface area (Å²) in [5.74, 6) is -0.397. The van der Waals surface area contributed by atoms with Crippen LogP contribution in [0.25, 0.3) is 22.2 Å². The number of amides is 1. The molecule has 1 aliphatic carbocycles. The monoisotopic (exact) mass is 401 g/mol. The van der Waals surface area contributed by atoms with Crippen LogP contribution in [0.15, 0.2) is 42.5 Å². The molecular weight excluding hydrogens is 374 g/mol. The highest BCUT2D eigenvalue weighted by atomic mass is 16.5. The van der Waals surface area contributed by atoms with Crippen molar-refractivity contribution in [1.82, 2.24) is 9.88 Å². The summed E-state index contributed by atoms with van der Waals surface area (Å²) in [6, 6.07) is 15.4. The fourth-order valence-electron chi connectivity index (χ4n) is 4.71. The molecule has 0 spiro atoms. The van der Waals surface area contributed by atoms with E-state index in [1.807, 2.05) is 0 Å². The van der Waals surface area contributed by atoms with Crippen LogP contribution in [0.2, 0.25) is 0 Å². The lowest BCUT2D eigenvalue weighted by Gasteiger charge is -2.31. The Morgan fingerprint density at radius 3 is 2.83 bits per heavy atom. The highest BCUT2D eigenvalue weighted by molar-refractivity contribution is 5.85. The number of primary amides is 1. The number of carbonyl (C=O) groups is 1. The molecule has 1 atom stereocenters. The van der Waals surface area contributed by atoms with Crippen molar-refractivity contribution in [2.45, 2.75) is 38.8 Å². The van der Waals surface area contributed by atoms with Crippen LogP contribution in [0.5, 0.6) is 0 Å². The van der Waals surface area contributed by atoms with Crippen molar-refractivity contribution in [1.29, 1.82) is 0 Å². The van der Waals surface area contributed by atoms with E-state index in [9.17, 15) is 4.79 Å². The number of morpholine rings is 1. The molecule has 0 saturated carbocycles. The lowest BCUT2D eigenvalue weighted by atomic mass is 9.99. The average Bonchev–Trinajstić information content (AvgIpc) is 3.19. The first-order valence-corrected chi connectivity index (χ1v) is 10.7. The van der Waals surface area contributed by atoms with Crippen molar-refractivity contribution in [3.8, 4) is 11.3 Å². The van der Waals surface area contributed by atoms with Crippen LogP contribution in [0.4, 0.5) is 0 Å². The number of rotatable bonds is 4. The number of benzene rings is 2. The van der Waals surface area contributed by atoms with Gasteiger partial charge in [0.25, 0.3) is 0 Å². The van der Waals surface area contributed by atoms with E-state index in [0.717, 1.165) is 42.7 Å². The summed E-state index contributed by atoms with van der Waals surface area (Å²) in [5.41, 5.74) is 14.0. The minimum Gasteiger partial charge on any atom is -0.367 e. The molecule has 5 heteroatoms. The van der Waals surface area contributed by atoms with Crippen LogP contribution in [-0.4, -0.2) is 41.6 Å². The molecule has 1 saturated heterocycles. The largest absolute Gasteiger partial charge is 0.367 e. The van der Waals surface area contributed by atoms with Gasteiger partial charge < -0.3 is 10.5 Å². The molecule has 5 nitrogen and oxygen atoms in total. The lowest BCUT2D eigenvalue weighted by molar-refractivity contribution is -0.135. The second-order valence-corrected chi connectivity index (χ2v) is 8.53. The number of fused-ring (bicyclic) bond motifs is 2. The number of ether oxygens (including phenoxy) is 1. The maximum absolute atomic E-state index is 11.6. The van der Waals surface area contributed by atoms with E-state index in [-0.39, 0.29) is 0 Å². The minimum absolute atomic E-state index is 0.397. The zero-order valence-electron chi connectivity index (χ0n) is 17.4. The first-order valence-electron chi connectivity index (χ1n) is 10.7.